The Hall–Kier alpha value is -5.88. The van der Waals surface area contributed by atoms with Gasteiger partial charge in [0.1, 0.15) is 22.9 Å². The van der Waals surface area contributed by atoms with E-state index in [-0.39, 0.29) is 40.8 Å². The van der Waals surface area contributed by atoms with Crippen LogP contribution in [0.2, 0.25) is 0 Å². The lowest BCUT2D eigenvalue weighted by molar-refractivity contribution is -0.152. The average molecular weight is 680 g/mol. The van der Waals surface area contributed by atoms with Gasteiger partial charge in [-0.1, -0.05) is 91.0 Å². The van der Waals surface area contributed by atoms with E-state index < -0.39 is 23.1 Å². The predicted molar refractivity (Wildman–Crippen MR) is 191 cm³/mol. The summed E-state index contributed by atoms with van der Waals surface area (Å²) < 4.78 is 38.1. The Morgan fingerprint density at radius 2 is 1.43 bits per heavy atom. The summed E-state index contributed by atoms with van der Waals surface area (Å²) in [6, 6.07) is 35.6. The van der Waals surface area contributed by atoms with Crippen LogP contribution in [-0.4, -0.2) is 33.9 Å². The van der Waals surface area contributed by atoms with E-state index in [1.54, 1.807) is 10.7 Å². The molecule has 2 heterocycles. The Labute approximate surface area is 294 Å². The molecule has 3 saturated carbocycles. The minimum Gasteiger partial charge on any atom is -0.469 e. The first-order valence-electron chi connectivity index (χ1n) is 17.2. The molecule has 2 unspecified atom stereocenters. The van der Waals surface area contributed by atoms with Crippen molar-refractivity contribution in [2.24, 2.45) is 17.8 Å². The van der Waals surface area contributed by atoms with Gasteiger partial charge in [-0.05, 0) is 72.4 Å². The normalized spacial score (nSPS) is 19.8. The van der Waals surface area contributed by atoms with Gasteiger partial charge in [0.25, 0.3) is 0 Å². The molecule has 51 heavy (non-hydrogen) atoms. The fraction of sp³-hybridized carbons (Fsp3) is 0.238. The minimum atomic E-state index is -1.09. The van der Waals surface area contributed by atoms with Crippen LogP contribution in [0.1, 0.15) is 47.9 Å². The molecule has 9 rings (SSSR count). The number of pyridine rings is 1. The van der Waals surface area contributed by atoms with E-state index in [0.717, 1.165) is 48.6 Å². The topological polar surface area (TPSA) is 92.8 Å². The number of carbonyl (C=O) groups is 1. The maximum atomic E-state index is 15.9. The second kappa shape index (κ2) is 13.1. The van der Waals surface area contributed by atoms with Gasteiger partial charge < -0.3 is 10.1 Å². The summed E-state index contributed by atoms with van der Waals surface area (Å²) in [5, 5.41) is 19.3. The number of nitrogens with zero attached hydrogens (tertiary/aromatic N) is 4. The van der Waals surface area contributed by atoms with Crippen molar-refractivity contribution in [1.82, 2.24) is 14.8 Å². The summed E-state index contributed by atoms with van der Waals surface area (Å²) in [5.74, 6) is -1.60. The zero-order valence-corrected chi connectivity index (χ0v) is 28.0. The molecule has 2 bridgehead atoms. The fourth-order valence-corrected chi connectivity index (χ4v) is 8.60. The first kappa shape index (κ1) is 32.3. The molecule has 9 heteroatoms. The number of halogens is 2. The molecule has 3 aliphatic carbocycles. The molecule has 0 aliphatic heterocycles. The second-order valence-corrected chi connectivity index (χ2v) is 13.5. The quantitative estimate of drug-likeness (QED) is 0.128. The molecule has 2 aromatic heterocycles. The summed E-state index contributed by atoms with van der Waals surface area (Å²) >= 11 is 0. The molecule has 0 spiro atoms. The van der Waals surface area contributed by atoms with Crippen LogP contribution >= 0.6 is 0 Å². The highest BCUT2D eigenvalue weighted by Gasteiger charge is 2.48. The largest absolute Gasteiger partial charge is 0.469 e. The highest BCUT2D eigenvalue weighted by atomic mass is 19.1. The van der Waals surface area contributed by atoms with Crippen molar-refractivity contribution in [2.75, 3.05) is 12.4 Å². The number of hydrogen-bond acceptors (Lipinski definition) is 6. The van der Waals surface area contributed by atoms with Crippen molar-refractivity contribution in [3.8, 4) is 17.3 Å². The SMILES string of the molecule is COC(=O)C1C2CCC(CC2)C1Nc1cc(-c2nn(C(c3ccccc3)(c3ccccc3)c3ccccc3)c3ncc(F)cc23)c(C#N)cc1F. The molecular formula is C42H35F2N5O2. The van der Waals surface area contributed by atoms with Gasteiger partial charge in [-0.15, -0.1) is 0 Å². The van der Waals surface area contributed by atoms with Gasteiger partial charge in [-0.2, -0.15) is 10.4 Å². The molecular weight excluding hydrogens is 644 g/mol. The standard InChI is InChI=1S/C42H35F2N5O2/c1-51-41(50)37-26-17-19-27(20-18-26)38(37)47-36-23-33(28(24-45)21-35(36)44)39-34-22-32(43)25-46-40(34)49(48-39)42(29-11-5-2-6-12-29,30-13-7-3-8-14-30)31-15-9-4-10-16-31/h2-16,21-23,25-27,37-38,47H,17-20H2,1H3. The van der Waals surface area contributed by atoms with E-state index >= 15 is 8.78 Å². The number of nitrogens with one attached hydrogen (secondary N) is 1. The number of ether oxygens (including phenoxy) is 1. The number of anilines is 1. The van der Waals surface area contributed by atoms with Crippen molar-refractivity contribution in [1.29, 1.82) is 5.26 Å². The van der Waals surface area contributed by atoms with Crippen LogP contribution in [0.5, 0.6) is 0 Å². The smallest absolute Gasteiger partial charge is 0.311 e. The molecule has 0 radical (unpaired) electrons. The van der Waals surface area contributed by atoms with Gasteiger partial charge in [0, 0.05) is 11.6 Å². The Morgan fingerprint density at radius 3 is 1.98 bits per heavy atom. The highest BCUT2D eigenvalue weighted by molar-refractivity contribution is 5.94. The maximum Gasteiger partial charge on any atom is 0.311 e. The van der Waals surface area contributed by atoms with Crippen LogP contribution in [0, 0.1) is 40.7 Å². The molecule has 7 nitrogen and oxygen atoms in total. The van der Waals surface area contributed by atoms with Gasteiger partial charge >= 0.3 is 5.97 Å². The molecule has 3 aliphatic rings. The third-order valence-corrected chi connectivity index (χ3v) is 10.9. The summed E-state index contributed by atoms with van der Waals surface area (Å²) in [5.41, 5.74) is 2.70. The van der Waals surface area contributed by atoms with Gasteiger partial charge in [-0.25, -0.2) is 18.4 Å². The number of rotatable bonds is 8. The lowest BCUT2D eigenvalue weighted by Crippen LogP contribution is -2.51. The van der Waals surface area contributed by atoms with E-state index in [2.05, 4.69) is 16.4 Å². The Balaban J connectivity index is 1.38. The second-order valence-electron chi connectivity index (χ2n) is 13.5. The Morgan fingerprint density at radius 1 is 0.863 bits per heavy atom. The monoisotopic (exact) mass is 679 g/mol. The van der Waals surface area contributed by atoms with Crippen LogP contribution in [-0.2, 0) is 15.1 Å². The number of aromatic nitrogens is 3. The number of esters is 1. The lowest BCUT2D eigenvalue weighted by Gasteiger charge is -2.47. The average Bonchev–Trinajstić information content (AvgIpc) is 3.55. The number of nitriles is 1. The number of hydrogen-bond donors (Lipinski definition) is 1. The van der Waals surface area contributed by atoms with Crippen LogP contribution in [0.25, 0.3) is 22.3 Å². The third kappa shape index (κ3) is 5.34. The third-order valence-electron chi connectivity index (χ3n) is 10.9. The van der Waals surface area contributed by atoms with E-state index in [1.807, 2.05) is 91.0 Å². The van der Waals surface area contributed by atoms with Gasteiger partial charge in [0.05, 0.1) is 41.9 Å². The number of methoxy groups -OCH3 is 1. The van der Waals surface area contributed by atoms with Crippen LogP contribution in [0.4, 0.5) is 14.5 Å². The molecule has 0 saturated heterocycles. The molecule has 1 N–H and O–H groups in total. The van der Waals surface area contributed by atoms with E-state index in [4.69, 9.17) is 9.84 Å². The number of benzene rings is 4. The van der Waals surface area contributed by atoms with E-state index in [0.29, 0.717) is 16.6 Å². The number of carbonyl (C=O) groups excluding carboxylic acids is 1. The Kier molecular flexibility index (Phi) is 8.31. The van der Waals surface area contributed by atoms with Crippen LogP contribution in [0.15, 0.2) is 115 Å². The fourth-order valence-electron chi connectivity index (χ4n) is 8.60. The molecule has 0 amide bonds. The van der Waals surface area contributed by atoms with Crippen LogP contribution in [0.3, 0.4) is 0 Å². The summed E-state index contributed by atoms with van der Waals surface area (Å²) in [4.78, 5) is 17.6. The first-order chi connectivity index (χ1) is 24.9. The molecule has 3 fully saturated rings. The number of fused-ring (bicyclic) bond motifs is 4. The van der Waals surface area contributed by atoms with Crippen molar-refractivity contribution >= 4 is 22.7 Å². The summed E-state index contributed by atoms with van der Waals surface area (Å²) in [6.45, 7) is 0. The van der Waals surface area contributed by atoms with Gasteiger partial charge in [0.2, 0.25) is 0 Å². The molecule has 2 atom stereocenters. The van der Waals surface area contributed by atoms with Crippen molar-refractivity contribution in [3.05, 3.63) is 149 Å². The van der Waals surface area contributed by atoms with Crippen molar-refractivity contribution in [2.45, 2.75) is 37.3 Å². The van der Waals surface area contributed by atoms with E-state index in [9.17, 15) is 10.1 Å². The zero-order chi connectivity index (χ0) is 35.1. The minimum absolute atomic E-state index is 0.0354. The van der Waals surface area contributed by atoms with E-state index in [1.165, 1.54) is 19.2 Å². The Bertz CT molecular complexity index is 2170. The predicted octanol–water partition coefficient (Wildman–Crippen LogP) is 8.48. The maximum absolute atomic E-state index is 15.9. The van der Waals surface area contributed by atoms with Gasteiger partial charge in [0.15, 0.2) is 5.65 Å². The molecule has 254 valence electrons. The van der Waals surface area contributed by atoms with Crippen LogP contribution < -0.4 is 5.32 Å². The van der Waals surface area contributed by atoms with Crippen molar-refractivity contribution < 1.29 is 18.3 Å². The van der Waals surface area contributed by atoms with Gasteiger partial charge in [-0.3, -0.25) is 4.79 Å². The highest BCUT2D eigenvalue weighted by Crippen LogP contribution is 2.48. The molecule has 4 aromatic carbocycles. The lowest BCUT2D eigenvalue weighted by atomic mass is 9.61. The van der Waals surface area contributed by atoms with Crippen molar-refractivity contribution in [3.63, 3.8) is 0 Å². The summed E-state index contributed by atoms with van der Waals surface area (Å²) in [7, 11) is 1.39. The zero-order valence-electron chi connectivity index (χ0n) is 28.0. The first-order valence-corrected chi connectivity index (χ1v) is 17.2. The summed E-state index contributed by atoms with van der Waals surface area (Å²) in [6.07, 6.45) is 4.88. The molecule has 6 aromatic rings.